The summed E-state index contributed by atoms with van der Waals surface area (Å²) in [6, 6.07) is 0. The second-order valence-corrected chi connectivity index (χ2v) is 3.55. The van der Waals surface area contributed by atoms with Crippen LogP contribution < -0.4 is 0 Å². The second-order valence-electron chi connectivity index (χ2n) is 3.55. The van der Waals surface area contributed by atoms with Crippen LogP contribution >= 0.6 is 0 Å². The highest BCUT2D eigenvalue weighted by atomic mass is 14.1. The van der Waals surface area contributed by atoms with E-state index in [-0.39, 0.29) is 0 Å². The van der Waals surface area contributed by atoms with Crippen molar-refractivity contribution in [3.8, 4) is 0 Å². The van der Waals surface area contributed by atoms with Gasteiger partial charge in [0.1, 0.15) is 0 Å². The third-order valence-electron chi connectivity index (χ3n) is 1.99. The van der Waals surface area contributed by atoms with Gasteiger partial charge in [0.2, 0.25) is 0 Å². The summed E-state index contributed by atoms with van der Waals surface area (Å²) in [5, 5.41) is 0. The van der Waals surface area contributed by atoms with Crippen LogP contribution in [0.25, 0.3) is 0 Å². The van der Waals surface area contributed by atoms with E-state index in [0.29, 0.717) is 5.41 Å². The molecule has 0 atom stereocenters. The van der Waals surface area contributed by atoms with Crippen molar-refractivity contribution < 1.29 is 0 Å². The maximum absolute atomic E-state index is 2.30. The molecule has 11 heavy (non-hydrogen) atoms. The predicted molar refractivity (Wildman–Crippen MR) is 52.6 cm³/mol. The first-order chi connectivity index (χ1) is 5.12. The lowest BCUT2D eigenvalue weighted by molar-refractivity contribution is 0.461. The van der Waals surface area contributed by atoms with E-state index in [1.807, 2.05) is 0 Å². The van der Waals surface area contributed by atoms with Gasteiger partial charge in [0.25, 0.3) is 0 Å². The van der Waals surface area contributed by atoms with Gasteiger partial charge in [0, 0.05) is 0 Å². The van der Waals surface area contributed by atoms with E-state index in [0.717, 1.165) is 6.42 Å². The van der Waals surface area contributed by atoms with Crippen LogP contribution in [-0.4, -0.2) is 0 Å². The molecule has 0 saturated carbocycles. The van der Waals surface area contributed by atoms with Gasteiger partial charge in [-0.15, -0.1) is 0 Å². The van der Waals surface area contributed by atoms with Crippen LogP contribution in [0.4, 0.5) is 0 Å². The molecule has 0 amide bonds. The molecule has 0 aromatic rings. The molecule has 0 radical (unpaired) electrons. The third-order valence-corrected chi connectivity index (χ3v) is 1.99. The standard InChI is InChI=1S/C11H20/c1-5-7-8-9-10-11(3,4)6-2/h5,7,9-10H,6,8H2,1-4H3/b7-5+,10-9+. The molecule has 0 nitrogen and oxygen atoms in total. The van der Waals surface area contributed by atoms with Crippen LogP contribution in [0.2, 0.25) is 0 Å². The normalized spacial score (nSPS) is 13.5. The Bertz CT molecular complexity index is 138. The number of hydrogen-bond acceptors (Lipinski definition) is 0. The van der Waals surface area contributed by atoms with E-state index in [1.165, 1.54) is 6.42 Å². The fourth-order valence-electron chi connectivity index (χ4n) is 0.720. The highest BCUT2D eigenvalue weighted by molar-refractivity contribution is 4.98. The Kier molecular flexibility index (Phi) is 4.93. The van der Waals surface area contributed by atoms with Crippen molar-refractivity contribution in [2.45, 2.75) is 40.5 Å². The maximum atomic E-state index is 2.30. The zero-order valence-electron chi connectivity index (χ0n) is 8.22. The highest BCUT2D eigenvalue weighted by Crippen LogP contribution is 2.21. The summed E-state index contributed by atoms with van der Waals surface area (Å²) in [5.41, 5.74) is 0.377. The first-order valence-corrected chi connectivity index (χ1v) is 4.41. The third kappa shape index (κ3) is 5.90. The van der Waals surface area contributed by atoms with Gasteiger partial charge >= 0.3 is 0 Å². The molecule has 0 rings (SSSR count). The van der Waals surface area contributed by atoms with Crippen molar-refractivity contribution >= 4 is 0 Å². The molecule has 0 fully saturated rings. The fourth-order valence-corrected chi connectivity index (χ4v) is 0.720. The minimum absolute atomic E-state index is 0.377. The van der Waals surface area contributed by atoms with E-state index in [4.69, 9.17) is 0 Å². The molecule has 0 saturated heterocycles. The molecule has 0 heteroatoms. The van der Waals surface area contributed by atoms with Crippen molar-refractivity contribution in [1.29, 1.82) is 0 Å². The zero-order valence-corrected chi connectivity index (χ0v) is 8.22. The van der Waals surface area contributed by atoms with E-state index in [2.05, 4.69) is 52.0 Å². The van der Waals surface area contributed by atoms with Crippen LogP contribution in [-0.2, 0) is 0 Å². The summed E-state index contributed by atoms with van der Waals surface area (Å²) in [4.78, 5) is 0. The molecule has 0 bridgehead atoms. The molecular formula is C11H20. The summed E-state index contributed by atoms with van der Waals surface area (Å²) in [6.45, 7) is 8.80. The lowest BCUT2D eigenvalue weighted by Crippen LogP contribution is -2.03. The summed E-state index contributed by atoms with van der Waals surface area (Å²) < 4.78 is 0. The van der Waals surface area contributed by atoms with Gasteiger partial charge in [0.15, 0.2) is 0 Å². The number of allylic oxidation sites excluding steroid dienone is 4. The van der Waals surface area contributed by atoms with E-state index in [9.17, 15) is 0 Å². The van der Waals surface area contributed by atoms with Crippen LogP contribution in [0, 0.1) is 5.41 Å². The Balaban J connectivity index is 3.72. The van der Waals surface area contributed by atoms with Gasteiger partial charge in [0.05, 0.1) is 0 Å². The Labute approximate surface area is 71.0 Å². The SMILES string of the molecule is C/C=C/C/C=C/C(C)(C)CC. The van der Waals surface area contributed by atoms with E-state index in [1.54, 1.807) is 0 Å². The lowest BCUT2D eigenvalue weighted by Gasteiger charge is -2.16. The van der Waals surface area contributed by atoms with Crippen LogP contribution in [0.15, 0.2) is 24.3 Å². The smallest absolute Gasteiger partial charge is 0.0169 e. The fraction of sp³-hybridized carbons (Fsp3) is 0.636. The first kappa shape index (κ1) is 10.5. The minimum Gasteiger partial charge on any atom is -0.0914 e. The first-order valence-electron chi connectivity index (χ1n) is 4.41. The van der Waals surface area contributed by atoms with Gasteiger partial charge in [-0.1, -0.05) is 45.1 Å². The van der Waals surface area contributed by atoms with Crippen molar-refractivity contribution in [3.63, 3.8) is 0 Å². The largest absolute Gasteiger partial charge is 0.0914 e. The molecular weight excluding hydrogens is 132 g/mol. The average molecular weight is 152 g/mol. The molecule has 0 N–H and O–H groups in total. The van der Waals surface area contributed by atoms with Gasteiger partial charge in [-0.2, -0.15) is 0 Å². The average Bonchev–Trinajstić information content (AvgIpc) is 1.99. The Morgan fingerprint density at radius 2 is 1.82 bits per heavy atom. The van der Waals surface area contributed by atoms with Crippen molar-refractivity contribution in [2.75, 3.05) is 0 Å². The summed E-state index contributed by atoms with van der Waals surface area (Å²) in [5.74, 6) is 0. The van der Waals surface area contributed by atoms with Crippen LogP contribution in [0.5, 0.6) is 0 Å². The van der Waals surface area contributed by atoms with E-state index >= 15 is 0 Å². The van der Waals surface area contributed by atoms with Gasteiger partial charge in [-0.3, -0.25) is 0 Å². The lowest BCUT2D eigenvalue weighted by atomic mass is 9.90. The molecule has 0 aliphatic heterocycles. The Morgan fingerprint density at radius 3 is 2.27 bits per heavy atom. The van der Waals surface area contributed by atoms with Gasteiger partial charge in [-0.05, 0) is 25.2 Å². The molecule has 0 heterocycles. The molecule has 0 aliphatic rings. The summed E-state index contributed by atoms with van der Waals surface area (Å²) in [7, 11) is 0. The number of rotatable bonds is 4. The quantitative estimate of drug-likeness (QED) is 0.535. The zero-order chi connectivity index (χ0) is 8.74. The molecule has 64 valence electrons. The second kappa shape index (κ2) is 5.17. The number of hydrogen-bond donors (Lipinski definition) is 0. The van der Waals surface area contributed by atoms with Crippen molar-refractivity contribution in [3.05, 3.63) is 24.3 Å². The molecule has 0 aliphatic carbocycles. The van der Waals surface area contributed by atoms with Gasteiger partial charge < -0.3 is 0 Å². The monoisotopic (exact) mass is 152 g/mol. The molecule has 0 unspecified atom stereocenters. The Hall–Kier alpha value is -0.520. The molecule has 0 aromatic carbocycles. The van der Waals surface area contributed by atoms with Crippen molar-refractivity contribution in [1.82, 2.24) is 0 Å². The minimum atomic E-state index is 0.377. The van der Waals surface area contributed by atoms with Gasteiger partial charge in [-0.25, -0.2) is 0 Å². The van der Waals surface area contributed by atoms with Crippen LogP contribution in [0.1, 0.15) is 40.5 Å². The van der Waals surface area contributed by atoms with Crippen molar-refractivity contribution in [2.24, 2.45) is 5.41 Å². The topological polar surface area (TPSA) is 0 Å². The summed E-state index contributed by atoms with van der Waals surface area (Å²) >= 11 is 0. The highest BCUT2D eigenvalue weighted by Gasteiger charge is 2.08. The molecule has 0 spiro atoms. The van der Waals surface area contributed by atoms with Crippen LogP contribution in [0.3, 0.4) is 0 Å². The summed E-state index contributed by atoms with van der Waals surface area (Å²) in [6.07, 6.45) is 11.1. The van der Waals surface area contributed by atoms with E-state index < -0.39 is 0 Å². The maximum Gasteiger partial charge on any atom is -0.0169 e. The Morgan fingerprint density at radius 1 is 1.18 bits per heavy atom. The predicted octanol–water partition coefficient (Wildman–Crippen LogP) is 3.95. The molecule has 0 aromatic heterocycles.